The van der Waals surface area contributed by atoms with Gasteiger partial charge in [0, 0.05) is 5.56 Å². The summed E-state index contributed by atoms with van der Waals surface area (Å²) < 4.78 is 10.5. The molecule has 0 fully saturated rings. The predicted octanol–water partition coefficient (Wildman–Crippen LogP) is 2.79. The van der Waals surface area contributed by atoms with Crippen LogP contribution in [0.25, 0.3) is 10.9 Å². The van der Waals surface area contributed by atoms with Crippen molar-refractivity contribution in [3.05, 3.63) is 68.0 Å². The molecule has 3 rings (SSSR count). The summed E-state index contributed by atoms with van der Waals surface area (Å²) >= 11 is 0. The van der Waals surface area contributed by atoms with Crippen molar-refractivity contribution in [1.82, 2.24) is 4.98 Å². The lowest BCUT2D eigenvalue weighted by Crippen LogP contribution is -2.29. The van der Waals surface area contributed by atoms with Crippen LogP contribution in [0.5, 0.6) is 0 Å². The SMILES string of the molecule is CCOC(=O)C1=C(C)OC(N)=C(C#N)[C@H]1c1cc2cc(C)cc(C)c2[nH]c1=O. The van der Waals surface area contributed by atoms with Crippen molar-refractivity contribution in [2.45, 2.75) is 33.6 Å². The van der Waals surface area contributed by atoms with Crippen LogP contribution >= 0.6 is 0 Å². The van der Waals surface area contributed by atoms with Gasteiger partial charge in [0.1, 0.15) is 17.4 Å². The third-order valence-electron chi connectivity index (χ3n) is 4.73. The molecule has 0 amide bonds. The Morgan fingerprint density at radius 2 is 2.04 bits per heavy atom. The molecule has 0 aliphatic carbocycles. The van der Waals surface area contributed by atoms with Gasteiger partial charge in [-0.1, -0.05) is 11.6 Å². The van der Waals surface area contributed by atoms with E-state index in [1.807, 2.05) is 32.0 Å². The summed E-state index contributed by atoms with van der Waals surface area (Å²) in [5, 5.41) is 10.4. The molecule has 2 heterocycles. The molecule has 144 valence electrons. The molecular formula is C21H21N3O4. The average molecular weight is 379 g/mol. The second kappa shape index (κ2) is 7.24. The Hall–Kier alpha value is -3.53. The number of esters is 1. The number of aromatic nitrogens is 1. The number of allylic oxidation sites excluding steroid dienone is 2. The number of nitrogens with zero attached hydrogens (tertiary/aromatic N) is 1. The zero-order valence-corrected chi connectivity index (χ0v) is 16.2. The van der Waals surface area contributed by atoms with E-state index in [9.17, 15) is 14.9 Å². The summed E-state index contributed by atoms with van der Waals surface area (Å²) in [5.41, 5.74) is 8.50. The number of aromatic amines is 1. The molecule has 0 bridgehead atoms. The highest BCUT2D eigenvalue weighted by molar-refractivity contribution is 5.93. The topological polar surface area (TPSA) is 118 Å². The van der Waals surface area contributed by atoms with E-state index in [1.165, 1.54) is 0 Å². The minimum absolute atomic E-state index is 0.00266. The summed E-state index contributed by atoms with van der Waals surface area (Å²) in [6, 6.07) is 7.58. The van der Waals surface area contributed by atoms with E-state index < -0.39 is 17.4 Å². The van der Waals surface area contributed by atoms with Gasteiger partial charge in [-0.3, -0.25) is 4.79 Å². The standard InChI is InChI=1S/C21H21N3O4/c1-5-27-21(26)16-12(4)28-19(23)15(9-22)17(16)14-8-13-7-10(2)6-11(3)18(13)24-20(14)25/h6-8,17H,5,23H2,1-4H3,(H,24,25)/t17-/m1/s1. The zero-order chi connectivity index (χ0) is 20.6. The summed E-state index contributed by atoms with van der Waals surface area (Å²) in [7, 11) is 0. The highest BCUT2D eigenvalue weighted by atomic mass is 16.5. The van der Waals surface area contributed by atoms with Crippen molar-refractivity contribution in [2.24, 2.45) is 5.73 Å². The summed E-state index contributed by atoms with van der Waals surface area (Å²) in [6.45, 7) is 7.25. The van der Waals surface area contributed by atoms with Crippen LogP contribution in [0, 0.1) is 25.2 Å². The lowest BCUT2D eigenvalue weighted by atomic mass is 9.83. The second-order valence-electron chi connectivity index (χ2n) is 6.71. The number of nitrogens with one attached hydrogen (secondary N) is 1. The average Bonchev–Trinajstić information content (AvgIpc) is 2.61. The Balaban J connectivity index is 2.32. The number of rotatable bonds is 3. The number of pyridine rings is 1. The lowest BCUT2D eigenvalue weighted by molar-refractivity contribution is -0.139. The molecule has 1 aromatic heterocycles. The van der Waals surface area contributed by atoms with E-state index in [0.29, 0.717) is 5.52 Å². The number of aryl methyl sites for hydroxylation is 2. The second-order valence-corrected chi connectivity index (χ2v) is 6.71. The molecule has 1 atom stereocenters. The van der Waals surface area contributed by atoms with Crippen LogP contribution in [-0.4, -0.2) is 17.6 Å². The number of carbonyl (C=O) groups is 1. The molecule has 1 aliphatic heterocycles. The number of ether oxygens (including phenoxy) is 2. The predicted molar refractivity (Wildman–Crippen MR) is 104 cm³/mol. The van der Waals surface area contributed by atoms with E-state index in [1.54, 1.807) is 19.9 Å². The van der Waals surface area contributed by atoms with Gasteiger partial charge >= 0.3 is 5.97 Å². The Morgan fingerprint density at radius 3 is 2.68 bits per heavy atom. The Kier molecular flexibility index (Phi) is 4.97. The molecular weight excluding hydrogens is 358 g/mol. The van der Waals surface area contributed by atoms with Gasteiger partial charge in [0.25, 0.3) is 5.56 Å². The van der Waals surface area contributed by atoms with Crippen LogP contribution in [0.1, 0.15) is 36.5 Å². The summed E-state index contributed by atoms with van der Waals surface area (Å²) in [4.78, 5) is 28.4. The molecule has 7 nitrogen and oxygen atoms in total. The number of nitriles is 1. The van der Waals surface area contributed by atoms with Crippen LogP contribution in [0.2, 0.25) is 0 Å². The van der Waals surface area contributed by atoms with E-state index in [4.69, 9.17) is 15.2 Å². The number of benzene rings is 1. The van der Waals surface area contributed by atoms with Crippen molar-refractivity contribution >= 4 is 16.9 Å². The van der Waals surface area contributed by atoms with Gasteiger partial charge in [-0.25, -0.2) is 4.79 Å². The van der Waals surface area contributed by atoms with E-state index in [0.717, 1.165) is 16.5 Å². The normalized spacial score (nSPS) is 16.8. The maximum atomic E-state index is 12.9. The number of carbonyl (C=O) groups excluding carboxylic acids is 1. The van der Waals surface area contributed by atoms with E-state index >= 15 is 0 Å². The molecule has 1 aliphatic rings. The van der Waals surface area contributed by atoms with Crippen molar-refractivity contribution in [3.63, 3.8) is 0 Å². The highest BCUT2D eigenvalue weighted by Gasteiger charge is 2.37. The molecule has 0 spiro atoms. The molecule has 3 N–H and O–H groups in total. The fourth-order valence-electron chi connectivity index (χ4n) is 3.58. The van der Waals surface area contributed by atoms with Gasteiger partial charge in [-0.15, -0.1) is 0 Å². The maximum absolute atomic E-state index is 12.9. The maximum Gasteiger partial charge on any atom is 0.338 e. The van der Waals surface area contributed by atoms with Gasteiger partial charge in [-0.05, 0) is 50.8 Å². The number of H-pyrrole nitrogens is 1. The van der Waals surface area contributed by atoms with Gasteiger partial charge in [0.2, 0.25) is 5.88 Å². The quantitative estimate of drug-likeness (QED) is 0.792. The van der Waals surface area contributed by atoms with Crippen molar-refractivity contribution in [2.75, 3.05) is 6.61 Å². The van der Waals surface area contributed by atoms with Crippen molar-refractivity contribution < 1.29 is 14.3 Å². The van der Waals surface area contributed by atoms with Gasteiger partial charge in [-0.2, -0.15) is 5.26 Å². The van der Waals surface area contributed by atoms with Crippen LogP contribution in [0.3, 0.4) is 0 Å². The molecule has 0 unspecified atom stereocenters. The monoisotopic (exact) mass is 379 g/mol. The lowest BCUT2D eigenvalue weighted by Gasteiger charge is -2.26. The highest BCUT2D eigenvalue weighted by Crippen LogP contribution is 2.39. The molecule has 2 aromatic rings. The molecule has 1 aromatic carbocycles. The smallest absolute Gasteiger partial charge is 0.338 e. The zero-order valence-electron chi connectivity index (χ0n) is 16.2. The van der Waals surface area contributed by atoms with Crippen molar-refractivity contribution in [3.8, 4) is 6.07 Å². The van der Waals surface area contributed by atoms with Gasteiger partial charge in [0.05, 0.1) is 23.6 Å². The van der Waals surface area contributed by atoms with E-state index in [2.05, 4.69) is 4.98 Å². The van der Waals surface area contributed by atoms with Crippen molar-refractivity contribution in [1.29, 1.82) is 5.26 Å². The first kappa shape index (κ1) is 19.2. The summed E-state index contributed by atoms with van der Waals surface area (Å²) in [6.07, 6.45) is 0. The van der Waals surface area contributed by atoms with Crippen LogP contribution in [0.4, 0.5) is 0 Å². The fourth-order valence-corrected chi connectivity index (χ4v) is 3.58. The van der Waals surface area contributed by atoms with E-state index in [-0.39, 0.29) is 35.0 Å². The largest absolute Gasteiger partial charge is 0.463 e. The molecule has 0 saturated heterocycles. The van der Waals surface area contributed by atoms with Crippen LogP contribution in [-0.2, 0) is 14.3 Å². The third-order valence-corrected chi connectivity index (χ3v) is 4.73. The minimum Gasteiger partial charge on any atom is -0.463 e. The fraction of sp³-hybridized carbons (Fsp3) is 0.286. The third kappa shape index (κ3) is 3.14. The number of nitrogens with two attached hydrogens (primary N) is 1. The van der Waals surface area contributed by atoms with Crippen LogP contribution < -0.4 is 11.3 Å². The number of hydrogen-bond donors (Lipinski definition) is 2. The first-order valence-corrected chi connectivity index (χ1v) is 8.88. The Labute approximate surface area is 162 Å². The summed E-state index contributed by atoms with van der Waals surface area (Å²) in [5.74, 6) is -1.53. The molecule has 0 saturated carbocycles. The Bertz CT molecular complexity index is 1150. The van der Waals surface area contributed by atoms with Crippen LogP contribution in [0.15, 0.2) is 45.8 Å². The molecule has 28 heavy (non-hydrogen) atoms. The van der Waals surface area contributed by atoms with Gasteiger partial charge in [0.15, 0.2) is 0 Å². The molecule has 7 heteroatoms. The van der Waals surface area contributed by atoms with Gasteiger partial charge < -0.3 is 20.2 Å². The first-order valence-electron chi connectivity index (χ1n) is 8.88. The molecule has 0 radical (unpaired) electrons. The Morgan fingerprint density at radius 1 is 1.32 bits per heavy atom. The minimum atomic E-state index is -0.966. The first-order chi connectivity index (χ1) is 13.3. The number of fused-ring (bicyclic) bond motifs is 1. The number of hydrogen-bond acceptors (Lipinski definition) is 6.